The summed E-state index contributed by atoms with van der Waals surface area (Å²) in [4.78, 5) is 0.0610. The molecule has 0 fully saturated rings. The Morgan fingerprint density at radius 1 is 0.826 bits per heavy atom. The molecule has 0 spiro atoms. The summed E-state index contributed by atoms with van der Waals surface area (Å²) in [7, 11) is -4.10. The first-order chi connectivity index (χ1) is 10.6. The van der Waals surface area contributed by atoms with Crippen molar-refractivity contribution in [1.82, 2.24) is 0 Å². The van der Waals surface area contributed by atoms with Gasteiger partial charge in [-0.15, -0.1) is 0 Å². The van der Waals surface area contributed by atoms with Gasteiger partial charge in [0.25, 0.3) is 10.1 Å². The molecular formula is C18H32CaO3S. The predicted octanol–water partition coefficient (Wildman–Crippen LogP) is 4.48. The number of aryl methyl sites for hydroxylation is 1. The van der Waals surface area contributed by atoms with E-state index in [-0.39, 0.29) is 42.6 Å². The van der Waals surface area contributed by atoms with Crippen LogP contribution in [0.3, 0.4) is 0 Å². The molecule has 0 aromatic heterocycles. The Balaban J connectivity index is 0.00000484. The number of hydrogen-bond acceptors (Lipinski definition) is 2. The second-order valence-electron chi connectivity index (χ2n) is 6.01. The van der Waals surface area contributed by atoms with E-state index in [9.17, 15) is 13.0 Å². The first kappa shape index (κ1) is 23.4. The number of unbranched alkanes of at least 4 members (excludes halogenated alkanes) is 9. The van der Waals surface area contributed by atoms with Gasteiger partial charge < -0.3 is 0 Å². The zero-order chi connectivity index (χ0) is 16.3. The normalized spacial score (nSPS) is 11.2. The maximum absolute atomic E-state index is 11.3. The Morgan fingerprint density at radius 3 is 1.83 bits per heavy atom. The second kappa shape index (κ2) is 13.7. The second-order valence-corrected chi connectivity index (χ2v) is 7.40. The van der Waals surface area contributed by atoms with Gasteiger partial charge in [-0.25, -0.2) is 0 Å². The molecule has 1 aromatic carbocycles. The predicted molar refractivity (Wildman–Crippen MR) is 100 cm³/mol. The molecule has 0 amide bonds. The molecule has 0 saturated heterocycles. The number of benzene rings is 1. The van der Waals surface area contributed by atoms with Gasteiger partial charge in [-0.1, -0.05) is 82.9 Å². The van der Waals surface area contributed by atoms with Gasteiger partial charge >= 0.3 is 37.7 Å². The van der Waals surface area contributed by atoms with Gasteiger partial charge in [-0.3, -0.25) is 4.55 Å². The van der Waals surface area contributed by atoms with Crippen molar-refractivity contribution in [2.24, 2.45) is 0 Å². The zero-order valence-electron chi connectivity index (χ0n) is 13.8. The van der Waals surface area contributed by atoms with Crippen molar-refractivity contribution in [3.05, 3.63) is 29.8 Å². The SMILES string of the molecule is CCCCCCCCCCCCc1ccccc1S(=O)(=O)O.[CaH2]. The van der Waals surface area contributed by atoms with E-state index in [0.717, 1.165) is 18.4 Å². The summed E-state index contributed by atoms with van der Waals surface area (Å²) in [6, 6.07) is 6.73. The van der Waals surface area contributed by atoms with Gasteiger partial charge in [0.1, 0.15) is 0 Å². The Bertz CT molecular complexity index is 515. The van der Waals surface area contributed by atoms with Gasteiger partial charge in [0.15, 0.2) is 0 Å². The maximum atomic E-state index is 11.3. The van der Waals surface area contributed by atoms with Crippen LogP contribution >= 0.6 is 0 Å². The summed E-state index contributed by atoms with van der Waals surface area (Å²) in [5, 5.41) is 0. The first-order valence-electron chi connectivity index (χ1n) is 8.61. The van der Waals surface area contributed by atoms with Crippen LogP contribution in [0.1, 0.15) is 76.7 Å². The minimum absolute atomic E-state index is 0. The van der Waals surface area contributed by atoms with Crippen LogP contribution in [0.25, 0.3) is 0 Å². The fourth-order valence-corrected chi connectivity index (χ4v) is 3.52. The van der Waals surface area contributed by atoms with E-state index in [1.54, 1.807) is 12.1 Å². The quantitative estimate of drug-likeness (QED) is 0.336. The standard InChI is InChI=1S/C18H30O3S.Ca.2H/c1-2-3-4-5-6-7-8-9-10-11-14-17-15-12-13-16-18(17)22(19,20)21;;;/h12-13,15-16H,2-11,14H2,1H3,(H,19,20,21);;;. The molecular weight excluding hydrogens is 336 g/mol. The summed E-state index contributed by atoms with van der Waals surface area (Å²) in [5.74, 6) is 0. The van der Waals surface area contributed by atoms with Gasteiger partial charge in [0.05, 0.1) is 4.90 Å². The molecule has 130 valence electrons. The van der Waals surface area contributed by atoms with E-state index >= 15 is 0 Å². The molecule has 0 heterocycles. The van der Waals surface area contributed by atoms with E-state index in [1.165, 1.54) is 57.4 Å². The number of rotatable bonds is 12. The van der Waals surface area contributed by atoms with Crippen LogP contribution in [-0.2, 0) is 16.5 Å². The molecule has 0 aliphatic carbocycles. The van der Waals surface area contributed by atoms with E-state index in [0.29, 0.717) is 6.42 Å². The molecule has 3 nitrogen and oxygen atoms in total. The third-order valence-corrected chi connectivity index (χ3v) is 5.00. The summed E-state index contributed by atoms with van der Waals surface area (Å²) in [6.07, 6.45) is 13.3. The van der Waals surface area contributed by atoms with Crippen molar-refractivity contribution in [3.63, 3.8) is 0 Å². The van der Waals surface area contributed by atoms with Crippen LogP contribution in [0.4, 0.5) is 0 Å². The number of hydrogen-bond donors (Lipinski definition) is 1. The van der Waals surface area contributed by atoms with E-state index in [4.69, 9.17) is 0 Å². The van der Waals surface area contributed by atoms with Crippen molar-refractivity contribution in [3.8, 4) is 0 Å². The van der Waals surface area contributed by atoms with Gasteiger partial charge in [0, 0.05) is 0 Å². The van der Waals surface area contributed by atoms with Crippen LogP contribution in [-0.4, -0.2) is 50.7 Å². The molecule has 0 aliphatic heterocycles. The van der Waals surface area contributed by atoms with Crippen LogP contribution in [0, 0.1) is 0 Å². The topological polar surface area (TPSA) is 54.4 Å². The molecule has 5 heteroatoms. The van der Waals surface area contributed by atoms with Gasteiger partial charge in [0.2, 0.25) is 0 Å². The van der Waals surface area contributed by atoms with E-state index < -0.39 is 10.1 Å². The third-order valence-electron chi connectivity index (χ3n) is 4.05. The molecule has 0 radical (unpaired) electrons. The Labute approximate surface area is 172 Å². The third kappa shape index (κ3) is 10.8. The van der Waals surface area contributed by atoms with Crippen LogP contribution in [0.2, 0.25) is 0 Å². The average molecular weight is 369 g/mol. The van der Waals surface area contributed by atoms with Crippen molar-refractivity contribution < 1.29 is 13.0 Å². The molecule has 0 unspecified atom stereocenters. The molecule has 1 rings (SSSR count). The first-order valence-corrected chi connectivity index (χ1v) is 10.0. The van der Waals surface area contributed by atoms with Gasteiger partial charge in [-0.05, 0) is 24.5 Å². The molecule has 1 aromatic rings. The van der Waals surface area contributed by atoms with Crippen molar-refractivity contribution in [1.29, 1.82) is 0 Å². The Morgan fingerprint density at radius 2 is 1.30 bits per heavy atom. The van der Waals surface area contributed by atoms with Crippen LogP contribution in [0.15, 0.2) is 29.2 Å². The van der Waals surface area contributed by atoms with Crippen molar-refractivity contribution in [2.45, 2.75) is 82.4 Å². The molecule has 0 saturated carbocycles. The van der Waals surface area contributed by atoms with Gasteiger partial charge in [-0.2, -0.15) is 8.42 Å². The van der Waals surface area contributed by atoms with Crippen molar-refractivity contribution >= 4 is 47.9 Å². The Kier molecular flexibility index (Phi) is 13.9. The Hall–Kier alpha value is 0.390. The molecule has 0 bridgehead atoms. The van der Waals surface area contributed by atoms with E-state index in [2.05, 4.69) is 6.92 Å². The van der Waals surface area contributed by atoms with Crippen LogP contribution < -0.4 is 0 Å². The minimum atomic E-state index is -4.10. The molecule has 23 heavy (non-hydrogen) atoms. The average Bonchev–Trinajstić information content (AvgIpc) is 2.48. The van der Waals surface area contributed by atoms with Crippen molar-refractivity contribution in [2.75, 3.05) is 0 Å². The summed E-state index contributed by atoms with van der Waals surface area (Å²) in [5.41, 5.74) is 0.726. The fraction of sp³-hybridized carbons (Fsp3) is 0.667. The molecule has 0 aliphatic rings. The summed E-state index contributed by atoms with van der Waals surface area (Å²) < 4.78 is 31.8. The molecule has 0 atom stereocenters. The zero-order valence-corrected chi connectivity index (χ0v) is 14.6. The van der Waals surface area contributed by atoms with E-state index in [1.807, 2.05) is 6.07 Å². The summed E-state index contributed by atoms with van der Waals surface area (Å²) >= 11 is 0. The van der Waals surface area contributed by atoms with Crippen LogP contribution in [0.5, 0.6) is 0 Å². The fourth-order valence-electron chi connectivity index (χ4n) is 2.76. The monoisotopic (exact) mass is 368 g/mol. The summed E-state index contributed by atoms with van der Waals surface area (Å²) in [6.45, 7) is 2.24. The molecule has 1 N–H and O–H groups in total.